The van der Waals surface area contributed by atoms with Crippen molar-refractivity contribution in [3.05, 3.63) is 11.8 Å². The Morgan fingerprint density at radius 1 is 1.29 bits per heavy atom. The lowest BCUT2D eigenvalue weighted by atomic mass is 10.1. The minimum atomic E-state index is -1.06. The monoisotopic (exact) mass is 296 g/mol. The summed E-state index contributed by atoms with van der Waals surface area (Å²) in [5.41, 5.74) is 0.0372. The fourth-order valence-corrected chi connectivity index (χ4v) is 2.32. The van der Waals surface area contributed by atoms with E-state index in [2.05, 4.69) is 10.2 Å². The molecule has 1 aliphatic rings. The van der Waals surface area contributed by atoms with Gasteiger partial charge in [0.15, 0.2) is 0 Å². The molecular weight excluding hydrogens is 268 g/mol. The molecule has 0 heterocycles. The van der Waals surface area contributed by atoms with E-state index in [0.29, 0.717) is 6.42 Å². The van der Waals surface area contributed by atoms with E-state index in [9.17, 15) is 9.59 Å². The summed E-state index contributed by atoms with van der Waals surface area (Å²) in [6, 6.07) is 0. The highest BCUT2D eigenvalue weighted by Crippen LogP contribution is 2.51. The highest BCUT2D eigenvalue weighted by molar-refractivity contribution is 5.94. The number of allylic oxidation sites excluding steroid dienone is 1. The van der Waals surface area contributed by atoms with Crippen LogP contribution in [0, 0.1) is 11.3 Å². The van der Waals surface area contributed by atoms with Crippen molar-refractivity contribution in [2.75, 3.05) is 20.6 Å². The zero-order valence-electron chi connectivity index (χ0n) is 13.6. The Morgan fingerprint density at radius 2 is 1.90 bits per heavy atom. The number of carboxylic acids is 1. The number of carbonyl (C=O) groups excluding carboxylic acids is 1. The predicted molar refractivity (Wildman–Crippen MR) is 82.8 cm³/mol. The first-order valence-electron chi connectivity index (χ1n) is 7.63. The first-order chi connectivity index (χ1) is 9.74. The standard InChI is InChI=1S/C16H28N2O3/c1-16(2)11-12(16)14(19)17-13(15(20)21)9-7-5-6-8-10-18(3)4/h9,12H,5-8,10-11H2,1-4H3,(H,17,19)(H,20,21)/b13-9-. The zero-order valence-corrected chi connectivity index (χ0v) is 13.6. The number of rotatable bonds is 9. The molecule has 5 nitrogen and oxygen atoms in total. The van der Waals surface area contributed by atoms with Gasteiger partial charge in [0, 0.05) is 5.92 Å². The minimum Gasteiger partial charge on any atom is -0.477 e. The molecule has 0 saturated heterocycles. The molecular formula is C16H28N2O3. The molecule has 1 unspecified atom stereocenters. The van der Waals surface area contributed by atoms with E-state index in [4.69, 9.17) is 5.11 Å². The number of carbonyl (C=O) groups is 2. The summed E-state index contributed by atoms with van der Waals surface area (Å²) in [5, 5.41) is 11.7. The zero-order chi connectivity index (χ0) is 16.0. The predicted octanol–water partition coefficient (Wildman–Crippen LogP) is 2.24. The Hall–Kier alpha value is -1.36. The minimum absolute atomic E-state index is 0.0138. The lowest BCUT2D eigenvalue weighted by Crippen LogP contribution is -2.29. The summed E-state index contributed by atoms with van der Waals surface area (Å²) in [5.74, 6) is -1.28. The molecule has 0 radical (unpaired) electrons. The first kappa shape index (κ1) is 17.7. The maximum atomic E-state index is 11.9. The van der Waals surface area contributed by atoms with Crippen LogP contribution in [0.4, 0.5) is 0 Å². The summed E-state index contributed by atoms with van der Waals surface area (Å²) >= 11 is 0. The molecule has 0 aromatic rings. The number of aliphatic carboxylic acids is 1. The molecule has 5 heteroatoms. The fourth-order valence-electron chi connectivity index (χ4n) is 2.32. The van der Waals surface area contributed by atoms with Gasteiger partial charge in [-0.2, -0.15) is 0 Å². The van der Waals surface area contributed by atoms with Crippen LogP contribution < -0.4 is 5.32 Å². The summed E-state index contributed by atoms with van der Waals surface area (Å²) in [6.45, 7) is 5.08. The van der Waals surface area contributed by atoms with E-state index in [1.54, 1.807) is 6.08 Å². The van der Waals surface area contributed by atoms with Crippen molar-refractivity contribution in [2.45, 2.75) is 46.0 Å². The molecule has 2 N–H and O–H groups in total. The molecule has 1 atom stereocenters. The van der Waals surface area contributed by atoms with Crippen molar-refractivity contribution in [3.8, 4) is 0 Å². The van der Waals surface area contributed by atoms with Gasteiger partial charge in [-0.1, -0.05) is 26.3 Å². The molecule has 0 aliphatic heterocycles. The smallest absolute Gasteiger partial charge is 0.352 e. The molecule has 0 bridgehead atoms. The number of hydrogen-bond acceptors (Lipinski definition) is 3. The van der Waals surface area contributed by atoms with Crippen LogP contribution in [0.3, 0.4) is 0 Å². The quantitative estimate of drug-likeness (QED) is 0.506. The molecule has 1 aliphatic carbocycles. The van der Waals surface area contributed by atoms with Gasteiger partial charge in [-0.3, -0.25) is 4.79 Å². The SMILES string of the molecule is CN(C)CCCCC/C=C(\NC(=O)C1CC1(C)C)C(=O)O. The molecule has 21 heavy (non-hydrogen) atoms. The van der Waals surface area contributed by atoms with Gasteiger partial charge in [0.2, 0.25) is 5.91 Å². The normalized spacial score (nSPS) is 20.4. The summed E-state index contributed by atoms with van der Waals surface area (Å²) in [4.78, 5) is 25.2. The van der Waals surface area contributed by atoms with Gasteiger partial charge in [-0.15, -0.1) is 0 Å². The Kier molecular flexibility index (Phi) is 6.40. The van der Waals surface area contributed by atoms with Crippen molar-refractivity contribution in [1.29, 1.82) is 0 Å². The van der Waals surface area contributed by atoms with Crippen LogP contribution in [0.5, 0.6) is 0 Å². The maximum absolute atomic E-state index is 11.9. The second-order valence-electron chi connectivity index (χ2n) is 6.81. The van der Waals surface area contributed by atoms with Crippen molar-refractivity contribution >= 4 is 11.9 Å². The largest absolute Gasteiger partial charge is 0.477 e. The van der Waals surface area contributed by atoms with Gasteiger partial charge in [0.1, 0.15) is 5.70 Å². The topological polar surface area (TPSA) is 69.6 Å². The average molecular weight is 296 g/mol. The van der Waals surface area contributed by atoms with Crippen LogP contribution >= 0.6 is 0 Å². The molecule has 1 fully saturated rings. The van der Waals surface area contributed by atoms with Crippen molar-refractivity contribution in [2.24, 2.45) is 11.3 Å². The van der Waals surface area contributed by atoms with E-state index >= 15 is 0 Å². The van der Waals surface area contributed by atoms with Crippen molar-refractivity contribution in [1.82, 2.24) is 10.2 Å². The Bertz CT molecular complexity index is 414. The third-order valence-corrected chi connectivity index (χ3v) is 3.98. The third kappa shape index (κ3) is 6.29. The number of hydrogen-bond donors (Lipinski definition) is 2. The summed E-state index contributed by atoms with van der Waals surface area (Å²) in [7, 11) is 4.08. The fraction of sp³-hybridized carbons (Fsp3) is 0.750. The molecule has 0 aromatic heterocycles. The van der Waals surface area contributed by atoms with Crippen LogP contribution in [0.2, 0.25) is 0 Å². The number of unbranched alkanes of at least 4 members (excludes halogenated alkanes) is 3. The van der Waals surface area contributed by atoms with Gasteiger partial charge in [-0.05, 0) is 51.7 Å². The number of carboxylic acid groups (broad SMARTS) is 1. The average Bonchev–Trinajstić information content (AvgIpc) is 3.00. The van der Waals surface area contributed by atoms with Crippen LogP contribution in [0.1, 0.15) is 46.0 Å². The van der Waals surface area contributed by atoms with Gasteiger partial charge >= 0.3 is 5.97 Å². The highest BCUT2D eigenvalue weighted by Gasteiger charge is 2.50. The van der Waals surface area contributed by atoms with Crippen molar-refractivity contribution in [3.63, 3.8) is 0 Å². The maximum Gasteiger partial charge on any atom is 0.352 e. The molecule has 0 spiro atoms. The van der Waals surface area contributed by atoms with Gasteiger partial charge in [-0.25, -0.2) is 4.79 Å². The Balaban J connectivity index is 2.34. The molecule has 1 saturated carbocycles. The molecule has 0 aromatic carbocycles. The van der Waals surface area contributed by atoms with E-state index in [0.717, 1.165) is 32.2 Å². The lowest BCUT2D eigenvalue weighted by Gasteiger charge is -2.09. The summed E-state index contributed by atoms with van der Waals surface area (Å²) in [6.07, 6.45) is 6.25. The second-order valence-corrected chi connectivity index (χ2v) is 6.81. The molecule has 1 rings (SSSR count). The van der Waals surface area contributed by atoms with E-state index in [1.807, 2.05) is 27.9 Å². The number of nitrogens with zero attached hydrogens (tertiary/aromatic N) is 1. The first-order valence-corrected chi connectivity index (χ1v) is 7.63. The summed E-state index contributed by atoms with van der Waals surface area (Å²) < 4.78 is 0. The van der Waals surface area contributed by atoms with Gasteiger partial charge < -0.3 is 15.3 Å². The van der Waals surface area contributed by atoms with Crippen LogP contribution in [0.25, 0.3) is 0 Å². The lowest BCUT2D eigenvalue weighted by molar-refractivity contribution is -0.135. The van der Waals surface area contributed by atoms with Crippen molar-refractivity contribution < 1.29 is 14.7 Å². The Morgan fingerprint density at radius 3 is 2.38 bits per heavy atom. The molecule has 1 amide bonds. The Labute approximate surface area is 127 Å². The third-order valence-electron chi connectivity index (χ3n) is 3.98. The highest BCUT2D eigenvalue weighted by atomic mass is 16.4. The van der Waals surface area contributed by atoms with Crippen LogP contribution in [-0.4, -0.2) is 42.5 Å². The second kappa shape index (κ2) is 7.59. The van der Waals surface area contributed by atoms with Gasteiger partial charge in [0.05, 0.1) is 0 Å². The van der Waals surface area contributed by atoms with E-state index < -0.39 is 5.97 Å². The van der Waals surface area contributed by atoms with Crippen LogP contribution in [-0.2, 0) is 9.59 Å². The van der Waals surface area contributed by atoms with E-state index in [1.165, 1.54) is 0 Å². The van der Waals surface area contributed by atoms with Gasteiger partial charge in [0.25, 0.3) is 0 Å². The molecule has 120 valence electrons. The number of nitrogens with one attached hydrogen (secondary N) is 1. The van der Waals surface area contributed by atoms with E-state index in [-0.39, 0.29) is 22.9 Å². The van der Waals surface area contributed by atoms with Crippen LogP contribution in [0.15, 0.2) is 11.8 Å². The number of amides is 1.